The van der Waals surface area contributed by atoms with E-state index in [-0.39, 0.29) is 12.2 Å². The summed E-state index contributed by atoms with van der Waals surface area (Å²) in [5, 5.41) is 3.39. The molecular formula is C23H27N5O3. The highest BCUT2D eigenvalue weighted by atomic mass is 16.6. The van der Waals surface area contributed by atoms with Crippen molar-refractivity contribution in [2.75, 3.05) is 18.4 Å². The Labute approximate surface area is 181 Å². The van der Waals surface area contributed by atoms with E-state index in [1.807, 2.05) is 45.0 Å². The van der Waals surface area contributed by atoms with E-state index in [4.69, 9.17) is 9.47 Å². The number of ether oxygens (including phenoxy) is 2. The third-order valence-electron chi connectivity index (χ3n) is 4.89. The van der Waals surface area contributed by atoms with E-state index in [0.29, 0.717) is 25.4 Å². The minimum absolute atomic E-state index is 0.0913. The van der Waals surface area contributed by atoms with Crippen LogP contribution in [0.15, 0.2) is 49.1 Å². The number of nitrogens with zero attached hydrogens (tertiary/aromatic N) is 4. The molecule has 0 unspecified atom stereocenters. The summed E-state index contributed by atoms with van der Waals surface area (Å²) in [6.45, 7) is 7.32. The summed E-state index contributed by atoms with van der Waals surface area (Å²) < 4.78 is 11.7. The fourth-order valence-electron chi connectivity index (χ4n) is 3.43. The summed E-state index contributed by atoms with van der Waals surface area (Å²) in [5.41, 5.74) is 3.11. The van der Waals surface area contributed by atoms with Gasteiger partial charge >= 0.3 is 6.09 Å². The molecule has 0 spiro atoms. The minimum atomic E-state index is -0.507. The highest BCUT2D eigenvalue weighted by molar-refractivity contribution is 5.74. The number of nitrogens with one attached hydrogen (secondary N) is 1. The van der Waals surface area contributed by atoms with Crippen LogP contribution in [0.4, 0.5) is 10.5 Å². The maximum Gasteiger partial charge on any atom is 0.410 e. The molecule has 1 amide bonds. The third-order valence-corrected chi connectivity index (χ3v) is 4.89. The van der Waals surface area contributed by atoms with Crippen molar-refractivity contribution < 1.29 is 14.3 Å². The largest absolute Gasteiger partial charge is 0.486 e. The van der Waals surface area contributed by atoms with Crippen LogP contribution < -0.4 is 10.1 Å². The first kappa shape index (κ1) is 20.8. The summed E-state index contributed by atoms with van der Waals surface area (Å²) in [7, 11) is 0. The van der Waals surface area contributed by atoms with E-state index in [2.05, 4.69) is 20.3 Å². The van der Waals surface area contributed by atoms with Crippen LogP contribution in [-0.2, 0) is 11.3 Å². The quantitative estimate of drug-likeness (QED) is 0.665. The fourth-order valence-corrected chi connectivity index (χ4v) is 3.43. The number of aromatic nitrogens is 3. The molecule has 3 heterocycles. The molecule has 1 atom stereocenters. The van der Waals surface area contributed by atoms with Crippen molar-refractivity contribution in [3.05, 3.63) is 54.6 Å². The van der Waals surface area contributed by atoms with Gasteiger partial charge in [-0.15, -0.1) is 0 Å². The Hall–Kier alpha value is -3.42. The Morgan fingerprint density at radius 1 is 1.16 bits per heavy atom. The van der Waals surface area contributed by atoms with Crippen LogP contribution in [0.5, 0.6) is 5.75 Å². The molecule has 1 N–H and O–H groups in total. The number of likely N-dealkylation sites (tertiary alicyclic amines) is 1. The third kappa shape index (κ3) is 5.39. The normalized spacial score (nSPS) is 16.4. The van der Waals surface area contributed by atoms with Gasteiger partial charge in [0, 0.05) is 44.2 Å². The Balaban J connectivity index is 1.38. The molecule has 1 fully saturated rings. The number of anilines is 1. The molecule has 8 nitrogen and oxygen atoms in total. The summed E-state index contributed by atoms with van der Waals surface area (Å²) in [4.78, 5) is 26.9. The number of fused-ring (bicyclic) bond motifs is 1. The first-order valence-corrected chi connectivity index (χ1v) is 10.4. The van der Waals surface area contributed by atoms with Crippen LogP contribution in [0, 0.1) is 0 Å². The first-order chi connectivity index (χ1) is 14.9. The van der Waals surface area contributed by atoms with Gasteiger partial charge in [0.25, 0.3) is 0 Å². The smallest absolute Gasteiger partial charge is 0.410 e. The molecule has 0 radical (unpaired) electrons. The van der Waals surface area contributed by atoms with Gasteiger partial charge in [-0.3, -0.25) is 15.0 Å². The average molecular weight is 422 g/mol. The van der Waals surface area contributed by atoms with Crippen molar-refractivity contribution in [1.82, 2.24) is 19.9 Å². The van der Waals surface area contributed by atoms with Crippen LogP contribution in [0.25, 0.3) is 11.0 Å². The number of carbonyl (C=O) groups is 1. The van der Waals surface area contributed by atoms with Gasteiger partial charge in [-0.25, -0.2) is 4.79 Å². The van der Waals surface area contributed by atoms with Gasteiger partial charge in [-0.1, -0.05) is 6.07 Å². The molecule has 0 saturated carbocycles. The number of rotatable bonds is 5. The van der Waals surface area contributed by atoms with E-state index < -0.39 is 5.60 Å². The first-order valence-electron chi connectivity index (χ1n) is 10.4. The van der Waals surface area contributed by atoms with Crippen molar-refractivity contribution in [2.45, 2.75) is 45.4 Å². The van der Waals surface area contributed by atoms with Gasteiger partial charge in [-0.05, 0) is 38.5 Å². The lowest BCUT2D eigenvalue weighted by Crippen LogP contribution is -2.36. The van der Waals surface area contributed by atoms with Gasteiger partial charge in [0.05, 0.1) is 29.5 Å². The zero-order valence-electron chi connectivity index (χ0n) is 18.0. The molecule has 2 aromatic heterocycles. The number of hydrogen-bond acceptors (Lipinski definition) is 7. The Morgan fingerprint density at radius 3 is 2.77 bits per heavy atom. The highest BCUT2D eigenvalue weighted by Crippen LogP contribution is 2.27. The molecule has 8 heteroatoms. The van der Waals surface area contributed by atoms with E-state index in [1.165, 1.54) is 0 Å². The lowest BCUT2D eigenvalue weighted by atomic mass is 10.2. The molecule has 1 aliphatic rings. The molecule has 0 bridgehead atoms. The molecule has 1 aliphatic heterocycles. The number of hydrogen-bond donors (Lipinski definition) is 1. The predicted octanol–water partition coefficient (Wildman–Crippen LogP) is 4.03. The van der Waals surface area contributed by atoms with Gasteiger partial charge in [-0.2, -0.15) is 0 Å². The van der Waals surface area contributed by atoms with Gasteiger partial charge in [0.2, 0.25) is 0 Å². The SMILES string of the molecule is CC(C)(C)OC(=O)N1CC[C@@H](Oc2ccncc2NCc2ccc3nccnc3c2)C1. The standard InChI is InChI=1S/C23H27N5O3/c1-23(2,3)31-22(29)28-11-7-17(15-28)30-21-6-8-24-14-20(21)27-13-16-4-5-18-19(12-16)26-10-9-25-18/h4-6,8-10,12,14,17,27H,7,11,13,15H2,1-3H3/t17-/m1/s1. The van der Waals surface area contributed by atoms with E-state index in [0.717, 1.165) is 28.7 Å². The van der Waals surface area contributed by atoms with Crippen LogP contribution in [0.2, 0.25) is 0 Å². The van der Waals surface area contributed by atoms with Crippen molar-refractivity contribution in [3.63, 3.8) is 0 Å². The summed E-state index contributed by atoms with van der Waals surface area (Å²) in [5.74, 6) is 0.714. The van der Waals surface area contributed by atoms with Crippen molar-refractivity contribution in [1.29, 1.82) is 0 Å². The lowest BCUT2D eigenvalue weighted by Gasteiger charge is -2.24. The molecule has 0 aliphatic carbocycles. The molecule has 1 saturated heterocycles. The van der Waals surface area contributed by atoms with Crippen LogP contribution in [0.3, 0.4) is 0 Å². The second-order valence-electron chi connectivity index (χ2n) is 8.56. The molecule has 3 aromatic rings. The summed E-state index contributed by atoms with van der Waals surface area (Å²) >= 11 is 0. The maximum atomic E-state index is 12.3. The lowest BCUT2D eigenvalue weighted by molar-refractivity contribution is 0.0276. The van der Waals surface area contributed by atoms with E-state index >= 15 is 0 Å². The molecule has 162 valence electrons. The Kier molecular flexibility index (Phi) is 5.88. The second-order valence-corrected chi connectivity index (χ2v) is 8.56. The van der Waals surface area contributed by atoms with Gasteiger partial charge < -0.3 is 19.7 Å². The van der Waals surface area contributed by atoms with Gasteiger partial charge in [0.1, 0.15) is 17.5 Å². The predicted molar refractivity (Wildman–Crippen MR) is 118 cm³/mol. The number of amides is 1. The molecule has 4 rings (SSSR count). The molecule has 1 aromatic carbocycles. The monoisotopic (exact) mass is 421 g/mol. The molecular weight excluding hydrogens is 394 g/mol. The topological polar surface area (TPSA) is 89.5 Å². The number of carbonyl (C=O) groups excluding carboxylic acids is 1. The Bertz CT molecular complexity index is 1070. The average Bonchev–Trinajstić information content (AvgIpc) is 3.21. The van der Waals surface area contributed by atoms with E-state index in [1.54, 1.807) is 29.7 Å². The van der Waals surface area contributed by atoms with Crippen LogP contribution in [0.1, 0.15) is 32.8 Å². The van der Waals surface area contributed by atoms with Crippen LogP contribution in [-0.4, -0.2) is 50.7 Å². The highest BCUT2D eigenvalue weighted by Gasteiger charge is 2.31. The maximum absolute atomic E-state index is 12.3. The van der Waals surface area contributed by atoms with Crippen molar-refractivity contribution >= 4 is 22.8 Å². The number of benzene rings is 1. The summed E-state index contributed by atoms with van der Waals surface area (Å²) in [6, 6.07) is 7.84. The van der Waals surface area contributed by atoms with Crippen molar-refractivity contribution in [2.24, 2.45) is 0 Å². The van der Waals surface area contributed by atoms with E-state index in [9.17, 15) is 4.79 Å². The van der Waals surface area contributed by atoms with Crippen LogP contribution >= 0.6 is 0 Å². The van der Waals surface area contributed by atoms with Crippen molar-refractivity contribution in [3.8, 4) is 5.75 Å². The second kappa shape index (κ2) is 8.75. The number of pyridine rings is 1. The fraction of sp³-hybridized carbons (Fsp3) is 0.391. The zero-order chi connectivity index (χ0) is 21.8. The minimum Gasteiger partial charge on any atom is -0.486 e. The Morgan fingerprint density at radius 2 is 1.97 bits per heavy atom. The zero-order valence-corrected chi connectivity index (χ0v) is 18.0. The van der Waals surface area contributed by atoms with Gasteiger partial charge in [0.15, 0.2) is 0 Å². The molecule has 31 heavy (non-hydrogen) atoms. The summed E-state index contributed by atoms with van der Waals surface area (Å²) in [6.07, 6.45) is 7.19.